The number of benzene rings is 2. The largest absolute Gasteiger partial charge is 0.424 e. The molecule has 150 valence electrons. The first-order chi connectivity index (χ1) is 14.0. The van der Waals surface area contributed by atoms with E-state index in [1.807, 2.05) is 37.3 Å². The number of nitroso groups, excluding NO2 is 1. The number of nitrogens with two attached hydrogens (primary N) is 1. The first kappa shape index (κ1) is 19.2. The van der Waals surface area contributed by atoms with E-state index in [1.54, 1.807) is 6.21 Å². The molecule has 1 fully saturated rings. The third-order valence-electron chi connectivity index (χ3n) is 5.30. The van der Waals surface area contributed by atoms with E-state index in [2.05, 4.69) is 38.1 Å². The predicted octanol–water partition coefficient (Wildman–Crippen LogP) is 3.43. The van der Waals surface area contributed by atoms with Crippen molar-refractivity contribution in [3.05, 3.63) is 46.9 Å². The number of nitrogens with zero attached hydrogens (tertiary/aromatic N) is 5. The summed E-state index contributed by atoms with van der Waals surface area (Å²) >= 11 is 0. The van der Waals surface area contributed by atoms with Gasteiger partial charge in [-0.25, -0.2) is 0 Å². The summed E-state index contributed by atoms with van der Waals surface area (Å²) in [6, 6.07) is 12.0. The highest BCUT2D eigenvalue weighted by molar-refractivity contribution is 5.82. The minimum atomic E-state index is -0.539. The molecule has 2 heterocycles. The average Bonchev–Trinajstić information content (AvgIpc) is 3.09. The lowest BCUT2D eigenvalue weighted by Gasteiger charge is -2.33. The van der Waals surface area contributed by atoms with Gasteiger partial charge in [-0.05, 0) is 60.1 Å². The van der Waals surface area contributed by atoms with Crippen LogP contribution in [-0.2, 0) is 0 Å². The standard InChI is InChI=1S/C21H24N6O2/c1-14-11-15(16-4-6-19-18(12-16)24-21(22)29-19)3-5-17(14)23-13-20(25-28)27-9-7-26(2)8-10-27/h3-6,11-13,20H,7-10H2,1-2H3,(H2,22,24). The number of anilines is 1. The lowest BCUT2D eigenvalue weighted by molar-refractivity contribution is 0.140. The quantitative estimate of drug-likeness (QED) is 0.527. The van der Waals surface area contributed by atoms with Gasteiger partial charge in [0, 0.05) is 32.4 Å². The molecule has 0 aliphatic carbocycles. The highest BCUT2D eigenvalue weighted by atomic mass is 16.4. The number of piperazine rings is 1. The molecule has 1 saturated heterocycles. The molecule has 29 heavy (non-hydrogen) atoms. The number of aliphatic imine (C=N–C) groups is 1. The van der Waals surface area contributed by atoms with E-state index >= 15 is 0 Å². The molecule has 0 radical (unpaired) electrons. The van der Waals surface area contributed by atoms with Crippen LogP contribution < -0.4 is 5.73 Å². The Morgan fingerprint density at radius 1 is 1.14 bits per heavy atom. The number of aromatic nitrogens is 1. The van der Waals surface area contributed by atoms with E-state index < -0.39 is 6.17 Å². The van der Waals surface area contributed by atoms with Crippen molar-refractivity contribution in [1.29, 1.82) is 0 Å². The number of aryl methyl sites for hydroxylation is 1. The Hall–Kier alpha value is -3.10. The Morgan fingerprint density at radius 3 is 2.59 bits per heavy atom. The fraction of sp³-hybridized carbons (Fsp3) is 0.333. The highest BCUT2D eigenvalue weighted by Crippen LogP contribution is 2.29. The molecule has 1 aliphatic rings. The van der Waals surface area contributed by atoms with E-state index in [0.717, 1.165) is 54.1 Å². The normalized spacial score (nSPS) is 17.2. The Morgan fingerprint density at radius 2 is 1.86 bits per heavy atom. The summed E-state index contributed by atoms with van der Waals surface area (Å²) in [4.78, 5) is 24.3. The van der Waals surface area contributed by atoms with Gasteiger partial charge in [-0.1, -0.05) is 12.1 Å². The predicted molar refractivity (Wildman–Crippen MR) is 115 cm³/mol. The molecule has 1 aromatic heterocycles. The van der Waals surface area contributed by atoms with Crippen LogP contribution in [0, 0.1) is 11.8 Å². The zero-order valence-corrected chi connectivity index (χ0v) is 16.6. The average molecular weight is 392 g/mol. The third kappa shape index (κ3) is 4.18. The van der Waals surface area contributed by atoms with Crippen LogP contribution in [0.15, 0.2) is 51.0 Å². The summed E-state index contributed by atoms with van der Waals surface area (Å²) in [5, 5.41) is 3.26. The summed E-state index contributed by atoms with van der Waals surface area (Å²) in [6.07, 6.45) is 1.10. The van der Waals surface area contributed by atoms with Gasteiger partial charge in [-0.15, -0.1) is 4.91 Å². The molecule has 3 aromatic rings. The van der Waals surface area contributed by atoms with Crippen molar-refractivity contribution in [2.45, 2.75) is 13.1 Å². The van der Waals surface area contributed by atoms with Gasteiger partial charge >= 0.3 is 0 Å². The van der Waals surface area contributed by atoms with Gasteiger partial charge in [0.25, 0.3) is 6.01 Å². The molecule has 1 atom stereocenters. The number of likely N-dealkylation sites (N-methyl/N-ethyl adjacent to an activating group) is 1. The Labute approximate surface area is 169 Å². The van der Waals surface area contributed by atoms with E-state index in [-0.39, 0.29) is 6.01 Å². The molecule has 2 N–H and O–H groups in total. The van der Waals surface area contributed by atoms with Gasteiger partial charge in [0.2, 0.25) is 0 Å². The minimum Gasteiger partial charge on any atom is -0.424 e. The number of hydrogen-bond acceptors (Lipinski definition) is 8. The molecule has 8 nitrogen and oxygen atoms in total. The molecule has 0 saturated carbocycles. The molecule has 2 aromatic carbocycles. The van der Waals surface area contributed by atoms with Crippen LogP contribution in [0.25, 0.3) is 22.2 Å². The molecule has 4 rings (SSSR count). The SMILES string of the molecule is Cc1cc(-c2ccc3oc(N)nc3c2)ccc1N=CC(N=O)N1CCN(C)CC1. The summed E-state index contributed by atoms with van der Waals surface area (Å²) in [5.41, 5.74) is 10.9. The van der Waals surface area contributed by atoms with Crippen molar-refractivity contribution in [3.8, 4) is 11.1 Å². The Balaban J connectivity index is 1.53. The molecular weight excluding hydrogens is 368 g/mol. The van der Waals surface area contributed by atoms with Gasteiger partial charge < -0.3 is 15.1 Å². The van der Waals surface area contributed by atoms with Crippen molar-refractivity contribution < 1.29 is 4.42 Å². The Bertz CT molecular complexity index is 1050. The van der Waals surface area contributed by atoms with Crippen LogP contribution in [0.2, 0.25) is 0 Å². The lowest BCUT2D eigenvalue weighted by Crippen LogP contribution is -2.48. The first-order valence-electron chi connectivity index (χ1n) is 9.60. The van der Waals surface area contributed by atoms with Crippen molar-refractivity contribution in [3.63, 3.8) is 0 Å². The second-order valence-corrected chi connectivity index (χ2v) is 7.37. The van der Waals surface area contributed by atoms with Crippen LogP contribution in [0.4, 0.5) is 11.7 Å². The van der Waals surface area contributed by atoms with Gasteiger partial charge in [-0.2, -0.15) is 4.98 Å². The number of nitrogen functional groups attached to an aromatic ring is 1. The molecule has 8 heteroatoms. The minimum absolute atomic E-state index is 0.164. The molecule has 0 amide bonds. The van der Waals surface area contributed by atoms with Crippen LogP contribution >= 0.6 is 0 Å². The van der Waals surface area contributed by atoms with Crippen LogP contribution in [-0.4, -0.2) is 60.4 Å². The number of fused-ring (bicyclic) bond motifs is 1. The lowest BCUT2D eigenvalue weighted by atomic mass is 10.0. The van der Waals surface area contributed by atoms with Gasteiger partial charge in [-0.3, -0.25) is 9.89 Å². The monoisotopic (exact) mass is 392 g/mol. The van der Waals surface area contributed by atoms with Crippen LogP contribution in [0.3, 0.4) is 0 Å². The topological polar surface area (TPSA) is 100 Å². The zero-order valence-electron chi connectivity index (χ0n) is 16.6. The van der Waals surface area contributed by atoms with Crippen molar-refractivity contribution in [2.75, 3.05) is 39.0 Å². The van der Waals surface area contributed by atoms with Crippen molar-refractivity contribution in [2.24, 2.45) is 10.2 Å². The smallest absolute Gasteiger partial charge is 0.292 e. The summed E-state index contributed by atoms with van der Waals surface area (Å²) in [6.45, 7) is 5.48. The van der Waals surface area contributed by atoms with Crippen LogP contribution in [0.1, 0.15) is 5.56 Å². The van der Waals surface area contributed by atoms with Gasteiger partial charge in [0.15, 0.2) is 11.7 Å². The highest BCUT2D eigenvalue weighted by Gasteiger charge is 2.21. The van der Waals surface area contributed by atoms with Crippen molar-refractivity contribution in [1.82, 2.24) is 14.8 Å². The van der Waals surface area contributed by atoms with Crippen LogP contribution in [0.5, 0.6) is 0 Å². The zero-order chi connectivity index (χ0) is 20.4. The fourth-order valence-corrected chi connectivity index (χ4v) is 3.53. The number of oxazole rings is 1. The van der Waals surface area contributed by atoms with E-state index in [4.69, 9.17) is 10.2 Å². The summed E-state index contributed by atoms with van der Waals surface area (Å²) in [5.74, 6) is 0. The fourth-order valence-electron chi connectivity index (χ4n) is 3.53. The van der Waals surface area contributed by atoms with E-state index in [0.29, 0.717) is 5.58 Å². The second kappa shape index (κ2) is 8.10. The maximum Gasteiger partial charge on any atom is 0.292 e. The molecule has 0 bridgehead atoms. The van der Waals surface area contributed by atoms with Gasteiger partial charge in [0.05, 0.1) is 5.69 Å². The molecular formula is C21H24N6O2. The maximum absolute atomic E-state index is 11.3. The van der Waals surface area contributed by atoms with E-state index in [9.17, 15) is 4.91 Å². The summed E-state index contributed by atoms with van der Waals surface area (Å²) < 4.78 is 5.33. The third-order valence-corrected chi connectivity index (χ3v) is 5.30. The Kier molecular flexibility index (Phi) is 5.37. The summed E-state index contributed by atoms with van der Waals surface area (Å²) in [7, 11) is 2.08. The van der Waals surface area contributed by atoms with Gasteiger partial charge in [0.1, 0.15) is 5.52 Å². The molecule has 0 spiro atoms. The van der Waals surface area contributed by atoms with Crippen molar-refractivity contribution >= 4 is 29.0 Å². The second-order valence-electron chi connectivity index (χ2n) is 7.37. The first-order valence-corrected chi connectivity index (χ1v) is 9.60. The number of rotatable bonds is 5. The number of hydrogen-bond donors (Lipinski definition) is 1. The van der Waals surface area contributed by atoms with E-state index in [1.165, 1.54) is 0 Å². The maximum atomic E-state index is 11.3. The molecule has 1 unspecified atom stereocenters. The molecule has 1 aliphatic heterocycles.